The van der Waals surface area contributed by atoms with Crippen molar-refractivity contribution in [3.05, 3.63) is 124 Å². The molecule has 8 nitrogen and oxygen atoms in total. The number of carbonyl (C=O) groups excluding carboxylic acids is 2. The van der Waals surface area contributed by atoms with Crippen molar-refractivity contribution in [3.8, 4) is 5.75 Å². The molecule has 11 heteroatoms. The molecule has 0 aliphatic carbocycles. The predicted molar refractivity (Wildman–Crippen MR) is 178 cm³/mol. The molecule has 0 saturated carbocycles. The lowest BCUT2D eigenvalue weighted by Crippen LogP contribution is -2.53. The number of ether oxygens (including phenoxy) is 1. The maximum Gasteiger partial charge on any atom is 0.264 e. The number of nitrogens with zero attached hydrogens (tertiary/aromatic N) is 2. The molecule has 0 bridgehead atoms. The van der Waals surface area contributed by atoms with Gasteiger partial charge in [0.1, 0.15) is 18.3 Å². The van der Waals surface area contributed by atoms with E-state index in [2.05, 4.69) is 5.32 Å². The lowest BCUT2D eigenvalue weighted by molar-refractivity contribution is -0.140. The van der Waals surface area contributed by atoms with E-state index in [9.17, 15) is 18.0 Å². The molecule has 0 aliphatic rings. The van der Waals surface area contributed by atoms with Gasteiger partial charge in [-0.3, -0.25) is 13.9 Å². The van der Waals surface area contributed by atoms with E-state index >= 15 is 0 Å². The number of rotatable bonds is 14. The maximum absolute atomic E-state index is 14.5. The number of amides is 2. The van der Waals surface area contributed by atoms with Gasteiger partial charge in [-0.15, -0.1) is 0 Å². The third kappa shape index (κ3) is 8.57. The van der Waals surface area contributed by atoms with Gasteiger partial charge >= 0.3 is 0 Å². The summed E-state index contributed by atoms with van der Waals surface area (Å²) in [5, 5.41) is 3.46. The van der Waals surface area contributed by atoms with Crippen LogP contribution in [0.25, 0.3) is 0 Å². The van der Waals surface area contributed by atoms with Gasteiger partial charge in [-0.25, -0.2) is 8.42 Å². The Morgan fingerprint density at radius 2 is 1.42 bits per heavy atom. The predicted octanol–water partition coefficient (Wildman–Crippen LogP) is 6.36. The van der Waals surface area contributed by atoms with Gasteiger partial charge in [0.05, 0.1) is 17.2 Å². The monoisotopic (exact) mass is 667 g/mol. The van der Waals surface area contributed by atoms with E-state index in [1.807, 2.05) is 37.3 Å². The average molecular weight is 669 g/mol. The standard InChI is InChI=1S/C34H35Cl2N3O5S/c1-3-37-34(41)32(22-25-12-7-5-8-13-25)38(23-29-30(35)16-11-17-31(29)36)33(40)24-39(26-18-20-27(21-19-26)44-4-2)45(42,43)28-14-9-6-10-15-28/h5-21,32H,3-4,22-24H2,1-2H3,(H,37,41). The Morgan fingerprint density at radius 3 is 2.00 bits per heavy atom. The minimum atomic E-state index is -4.22. The first-order valence-electron chi connectivity index (χ1n) is 14.5. The molecular formula is C34H35Cl2N3O5S. The normalized spacial score (nSPS) is 11.8. The van der Waals surface area contributed by atoms with E-state index in [0.717, 1.165) is 9.87 Å². The molecule has 0 aromatic heterocycles. The number of anilines is 1. The lowest BCUT2D eigenvalue weighted by Gasteiger charge is -2.34. The molecule has 0 heterocycles. The molecule has 1 unspecified atom stereocenters. The Kier molecular flexibility index (Phi) is 11.9. The van der Waals surface area contributed by atoms with Gasteiger partial charge in [0.2, 0.25) is 11.8 Å². The van der Waals surface area contributed by atoms with Gasteiger partial charge in [-0.05, 0) is 67.9 Å². The number of carbonyl (C=O) groups is 2. The van der Waals surface area contributed by atoms with E-state index < -0.39 is 34.4 Å². The topological polar surface area (TPSA) is 96.0 Å². The highest BCUT2D eigenvalue weighted by atomic mass is 35.5. The molecule has 0 spiro atoms. The van der Waals surface area contributed by atoms with Crippen molar-refractivity contribution in [1.29, 1.82) is 0 Å². The first-order valence-corrected chi connectivity index (χ1v) is 16.7. The summed E-state index contributed by atoms with van der Waals surface area (Å²) in [6, 6.07) is 27.6. The van der Waals surface area contributed by atoms with Crippen LogP contribution in [-0.2, 0) is 32.6 Å². The molecule has 4 aromatic rings. The zero-order chi connectivity index (χ0) is 32.4. The first-order chi connectivity index (χ1) is 21.6. The smallest absolute Gasteiger partial charge is 0.264 e. The molecule has 2 amide bonds. The summed E-state index contributed by atoms with van der Waals surface area (Å²) >= 11 is 13.1. The Bertz CT molecular complexity index is 1670. The van der Waals surface area contributed by atoms with Crippen LogP contribution in [-0.4, -0.2) is 50.9 Å². The van der Waals surface area contributed by atoms with E-state index in [-0.39, 0.29) is 23.5 Å². The van der Waals surface area contributed by atoms with Crippen LogP contribution in [0.2, 0.25) is 10.0 Å². The summed E-state index contributed by atoms with van der Waals surface area (Å²) in [5.41, 5.74) is 1.51. The SMILES string of the molecule is CCNC(=O)C(Cc1ccccc1)N(Cc1c(Cl)cccc1Cl)C(=O)CN(c1ccc(OCC)cc1)S(=O)(=O)c1ccccc1. The van der Waals surface area contributed by atoms with Crippen LogP contribution in [0.4, 0.5) is 5.69 Å². The van der Waals surface area contributed by atoms with Gasteiger partial charge in [-0.2, -0.15) is 0 Å². The fraction of sp³-hybridized carbons (Fsp3) is 0.235. The van der Waals surface area contributed by atoms with Crippen molar-refractivity contribution in [3.63, 3.8) is 0 Å². The Morgan fingerprint density at radius 1 is 0.822 bits per heavy atom. The zero-order valence-corrected chi connectivity index (χ0v) is 27.4. The van der Waals surface area contributed by atoms with Crippen LogP contribution in [0.1, 0.15) is 25.0 Å². The summed E-state index contributed by atoms with van der Waals surface area (Å²) in [5.74, 6) is -0.457. The molecule has 0 fully saturated rings. The third-order valence-electron chi connectivity index (χ3n) is 7.06. The van der Waals surface area contributed by atoms with Crippen molar-refractivity contribution in [2.24, 2.45) is 0 Å². The van der Waals surface area contributed by atoms with Crippen LogP contribution in [0.5, 0.6) is 5.75 Å². The van der Waals surface area contributed by atoms with Gasteiger partial charge < -0.3 is 15.0 Å². The molecule has 0 radical (unpaired) electrons. The molecule has 4 rings (SSSR count). The maximum atomic E-state index is 14.5. The lowest BCUT2D eigenvalue weighted by atomic mass is 10.0. The molecule has 45 heavy (non-hydrogen) atoms. The summed E-state index contributed by atoms with van der Waals surface area (Å²) in [6.45, 7) is 3.67. The van der Waals surface area contributed by atoms with Crippen LogP contribution < -0.4 is 14.4 Å². The summed E-state index contributed by atoms with van der Waals surface area (Å²) < 4.78 is 34.7. The first kappa shape index (κ1) is 33.8. The number of halogens is 2. The van der Waals surface area contributed by atoms with Gasteiger partial charge in [0.15, 0.2) is 0 Å². The second kappa shape index (κ2) is 15.8. The van der Waals surface area contributed by atoms with Gasteiger partial charge in [0, 0.05) is 35.1 Å². The van der Waals surface area contributed by atoms with Crippen LogP contribution in [0.15, 0.2) is 108 Å². The Hall–Kier alpha value is -4.05. The van der Waals surface area contributed by atoms with E-state index in [1.54, 1.807) is 67.6 Å². The van der Waals surface area contributed by atoms with Crippen molar-refractivity contribution in [1.82, 2.24) is 10.2 Å². The molecule has 0 saturated heterocycles. The highest BCUT2D eigenvalue weighted by molar-refractivity contribution is 7.92. The number of likely N-dealkylation sites (N-methyl/N-ethyl adjacent to an activating group) is 1. The summed E-state index contributed by atoms with van der Waals surface area (Å²) in [6.07, 6.45) is 0.176. The number of hydrogen-bond donors (Lipinski definition) is 1. The van der Waals surface area contributed by atoms with E-state index in [0.29, 0.717) is 34.5 Å². The van der Waals surface area contributed by atoms with Gasteiger partial charge in [-0.1, -0.05) is 77.8 Å². The van der Waals surface area contributed by atoms with E-state index in [1.165, 1.54) is 17.0 Å². The Labute approximate surface area is 274 Å². The van der Waals surface area contributed by atoms with Crippen LogP contribution >= 0.6 is 23.2 Å². The zero-order valence-electron chi connectivity index (χ0n) is 25.0. The van der Waals surface area contributed by atoms with E-state index in [4.69, 9.17) is 27.9 Å². The molecule has 0 aliphatic heterocycles. The minimum Gasteiger partial charge on any atom is -0.494 e. The number of nitrogens with one attached hydrogen (secondary N) is 1. The number of hydrogen-bond acceptors (Lipinski definition) is 5. The second-order valence-corrected chi connectivity index (χ2v) is 12.8. The minimum absolute atomic E-state index is 0.0111. The largest absolute Gasteiger partial charge is 0.494 e. The highest BCUT2D eigenvalue weighted by Gasteiger charge is 2.35. The second-order valence-electron chi connectivity index (χ2n) is 10.1. The van der Waals surface area contributed by atoms with Gasteiger partial charge in [0.25, 0.3) is 10.0 Å². The molecule has 4 aromatic carbocycles. The summed E-state index contributed by atoms with van der Waals surface area (Å²) in [4.78, 5) is 29.4. The molecule has 1 N–H and O–H groups in total. The molecule has 1 atom stereocenters. The fourth-order valence-corrected chi connectivity index (χ4v) is 6.78. The number of benzene rings is 4. The third-order valence-corrected chi connectivity index (χ3v) is 9.55. The fourth-order valence-electron chi connectivity index (χ4n) is 4.82. The average Bonchev–Trinajstić information content (AvgIpc) is 3.04. The molecular weight excluding hydrogens is 633 g/mol. The van der Waals surface area contributed by atoms with Crippen LogP contribution in [0, 0.1) is 0 Å². The van der Waals surface area contributed by atoms with Crippen molar-refractivity contribution in [2.75, 3.05) is 24.0 Å². The molecule has 236 valence electrons. The van der Waals surface area contributed by atoms with Crippen molar-refractivity contribution >= 4 is 50.7 Å². The Balaban J connectivity index is 1.82. The quantitative estimate of drug-likeness (QED) is 0.169. The highest BCUT2D eigenvalue weighted by Crippen LogP contribution is 2.29. The van der Waals surface area contributed by atoms with Crippen molar-refractivity contribution < 1.29 is 22.7 Å². The van der Waals surface area contributed by atoms with Crippen molar-refractivity contribution in [2.45, 2.75) is 37.8 Å². The summed E-state index contributed by atoms with van der Waals surface area (Å²) in [7, 11) is -4.22. The van der Waals surface area contributed by atoms with Crippen LogP contribution in [0.3, 0.4) is 0 Å². The number of sulfonamides is 1.